The topological polar surface area (TPSA) is 58.1 Å². The van der Waals surface area contributed by atoms with E-state index in [2.05, 4.69) is 15.5 Å². The molecule has 1 amide bonds. The minimum absolute atomic E-state index is 0.132. The van der Waals surface area contributed by atoms with Crippen LogP contribution in [-0.4, -0.2) is 34.1 Å². The summed E-state index contributed by atoms with van der Waals surface area (Å²) in [7, 11) is 0. The molecule has 3 aromatic rings. The fourth-order valence-electron chi connectivity index (χ4n) is 3.26. The van der Waals surface area contributed by atoms with Crippen molar-refractivity contribution >= 4 is 34.0 Å². The summed E-state index contributed by atoms with van der Waals surface area (Å²) in [6.07, 6.45) is 3.43. The predicted molar refractivity (Wildman–Crippen MR) is 114 cm³/mol. The Bertz CT molecular complexity index is 951. The Labute approximate surface area is 173 Å². The fourth-order valence-corrected chi connectivity index (χ4v) is 4.32. The molecule has 1 saturated heterocycles. The molecule has 0 bridgehead atoms. The first-order valence-electron chi connectivity index (χ1n) is 9.41. The second kappa shape index (κ2) is 8.71. The minimum atomic E-state index is 0.132. The summed E-state index contributed by atoms with van der Waals surface area (Å²) in [5.41, 5.74) is 2.72. The van der Waals surface area contributed by atoms with E-state index in [0.29, 0.717) is 11.6 Å². The minimum Gasteiger partial charge on any atom is -0.356 e. The van der Waals surface area contributed by atoms with E-state index >= 15 is 0 Å². The number of halogens is 1. The molecule has 0 saturated carbocycles. The summed E-state index contributed by atoms with van der Waals surface area (Å²) < 4.78 is 0. The zero-order valence-electron chi connectivity index (χ0n) is 15.4. The lowest BCUT2D eigenvalue weighted by Crippen LogP contribution is -2.35. The number of aromatic nitrogens is 2. The number of hydrogen-bond acceptors (Lipinski definition) is 5. The van der Waals surface area contributed by atoms with Crippen molar-refractivity contribution in [2.24, 2.45) is 0 Å². The number of rotatable bonds is 5. The predicted octanol–water partition coefficient (Wildman–Crippen LogP) is 5.10. The smallest absolute Gasteiger partial charge is 0.253 e. The van der Waals surface area contributed by atoms with Crippen LogP contribution in [0.5, 0.6) is 0 Å². The second-order valence-corrected chi connectivity index (χ2v) is 8.18. The van der Waals surface area contributed by atoms with Gasteiger partial charge in [0.05, 0.1) is 5.02 Å². The molecule has 1 fully saturated rings. The number of nitrogens with zero attached hydrogens (tertiary/aromatic N) is 3. The van der Waals surface area contributed by atoms with Gasteiger partial charge in [-0.05, 0) is 43.0 Å². The summed E-state index contributed by atoms with van der Waals surface area (Å²) in [5, 5.41) is 13.9. The third-order valence-electron chi connectivity index (χ3n) is 4.82. The third-order valence-corrected chi connectivity index (χ3v) is 6.06. The zero-order valence-corrected chi connectivity index (χ0v) is 17.0. The highest BCUT2D eigenvalue weighted by Crippen LogP contribution is 2.31. The average molecular weight is 413 g/mol. The fraction of sp³-hybridized carbons (Fsp3) is 0.286. The standard InChI is InChI=1S/C21H21ClN4OS/c22-18-7-3-2-6-17(18)19-24-25-21(28-19)23-14-15-8-10-16(11-9-15)20(27)26-12-4-1-5-13-26/h2-3,6-11H,1,4-5,12-14H2,(H,23,25). The van der Waals surface area contributed by atoms with Gasteiger partial charge in [0, 0.05) is 30.8 Å². The van der Waals surface area contributed by atoms with Gasteiger partial charge in [-0.2, -0.15) is 0 Å². The summed E-state index contributed by atoms with van der Waals surface area (Å²) >= 11 is 7.69. The van der Waals surface area contributed by atoms with E-state index < -0.39 is 0 Å². The maximum Gasteiger partial charge on any atom is 0.253 e. The van der Waals surface area contributed by atoms with Gasteiger partial charge in [0.2, 0.25) is 5.13 Å². The van der Waals surface area contributed by atoms with Gasteiger partial charge in [-0.3, -0.25) is 4.79 Å². The molecular formula is C21H21ClN4OS. The molecule has 0 unspecified atom stereocenters. The quantitative estimate of drug-likeness (QED) is 0.633. The maximum absolute atomic E-state index is 12.5. The first kappa shape index (κ1) is 18.9. The van der Waals surface area contributed by atoms with Crippen LogP contribution < -0.4 is 5.32 Å². The van der Waals surface area contributed by atoms with Crippen LogP contribution in [0.4, 0.5) is 5.13 Å². The molecule has 144 valence electrons. The van der Waals surface area contributed by atoms with Crippen LogP contribution in [0.3, 0.4) is 0 Å². The molecule has 7 heteroatoms. The average Bonchev–Trinajstić information content (AvgIpc) is 3.22. The molecule has 2 aromatic carbocycles. The normalized spacial score (nSPS) is 14.1. The molecule has 0 radical (unpaired) electrons. The van der Waals surface area contributed by atoms with Crippen LogP contribution in [0.15, 0.2) is 48.5 Å². The number of carbonyl (C=O) groups is 1. The van der Waals surface area contributed by atoms with Gasteiger partial charge in [0.15, 0.2) is 5.01 Å². The van der Waals surface area contributed by atoms with Crippen LogP contribution in [0.25, 0.3) is 10.6 Å². The van der Waals surface area contributed by atoms with Gasteiger partial charge >= 0.3 is 0 Å². The van der Waals surface area contributed by atoms with Gasteiger partial charge in [0.1, 0.15) is 0 Å². The number of benzene rings is 2. The van der Waals surface area contributed by atoms with E-state index in [1.165, 1.54) is 17.8 Å². The largest absolute Gasteiger partial charge is 0.356 e. The van der Waals surface area contributed by atoms with Crippen molar-refractivity contribution in [1.82, 2.24) is 15.1 Å². The van der Waals surface area contributed by atoms with E-state index in [-0.39, 0.29) is 5.91 Å². The van der Waals surface area contributed by atoms with Crippen LogP contribution in [0.1, 0.15) is 35.2 Å². The molecular weight excluding hydrogens is 392 g/mol. The SMILES string of the molecule is O=C(c1ccc(CNc2nnc(-c3ccccc3Cl)s2)cc1)N1CCCCC1. The summed E-state index contributed by atoms with van der Waals surface area (Å²) in [6.45, 7) is 2.36. The third kappa shape index (κ3) is 4.34. The number of hydrogen-bond donors (Lipinski definition) is 1. The lowest BCUT2D eigenvalue weighted by molar-refractivity contribution is 0.0724. The lowest BCUT2D eigenvalue weighted by atomic mass is 10.1. The molecule has 28 heavy (non-hydrogen) atoms. The Balaban J connectivity index is 1.36. The van der Waals surface area contributed by atoms with E-state index in [0.717, 1.165) is 52.8 Å². The molecule has 5 nitrogen and oxygen atoms in total. The van der Waals surface area contributed by atoms with E-state index in [4.69, 9.17) is 11.6 Å². The van der Waals surface area contributed by atoms with Crippen molar-refractivity contribution in [3.63, 3.8) is 0 Å². The Kier molecular flexibility index (Phi) is 5.88. The van der Waals surface area contributed by atoms with E-state index in [1.807, 2.05) is 53.4 Å². The van der Waals surface area contributed by atoms with Crippen molar-refractivity contribution in [3.05, 3.63) is 64.7 Å². The van der Waals surface area contributed by atoms with Crippen LogP contribution in [-0.2, 0) is 6.54 Å². The number of amides is 1. The van der Waals surface area contributed by atoms with Crippen LogP contribution in [0, 0.1) is 0 Å². The molecule has 2 heterocycles. The molecule has 1 aromatic heterocycles. The number of likely N-dealkylation sites (tertiary alicyclic amines) is 1. The van der Waals surface area contributed by atoms with Crippen molar-refractivity contribution < 1.29 is 4.79 Å². The van der Waals surface area contributed by atoms with E-state index in [9.17, 15) is 4.79 Å². The highest BCUT2D eigenvalue weighted by atomic mass is 35.5. The number of anilines is 1. The molecule has 1 aliphatic rings. The Morgan fingerprint density at radius 3 is 2.54 bits per heavy atom. The molecule has 4 rings (SSSR count). The van der Waals surface area contributed by atoms with Gasteiger partial charge in [-0.1, -0.05) is 53.3 Å². The maximum atomic E-state index is 12.5. The Hall–Kier alpha value is -2.44. The molecule has 0 spiro atoms. The first-order valence-corrected chi connectivity index (χ1v) is 10.6. The highest BCUT2D eigenvalue weighted by Gasteiger charge is 2.17. The molecule has 1 N–H and O–H groups in total. The first-order chi connectivity index (χ1) is 13.7. The summed E-state index contributed by atoms with van der Waals surface area (Å²) in [5.74, 6) is 0.132. The van der Waals surface area contributed by atoms with Crippen molar-refractivity contribution in [2.45, 2.75) is 25.8 Å². The Morgan fingerprint density at radius 2 is 1.79 bits per heavy atom. The van der Waals surface area contributed by atoms with Crippen molar-refractivity contribution in [1.29, 1.82) is 0 Å². The summed E-state index contributed by atoms with van der Waals surface area (Å²) in [4.78, 5) is 14.5. The second-order valence-electron chi connectivity index (χ2n) is 6.80. The van der Waals surface area contributed by atoms with E-state index in [1.54, 1.807) is 0 Å². The van der Waals surface area contributed by atoms with Gasteiger partial charge in [-0.15, -0.1) is 10.2 Å². The molecule has 1 aliphatic heterocycles. The Morgan fingerprint density at radius 1 is 1.04 bits per heavy atom. The lowest BCUT2D eigenvalue weighted by Gasteiger charge is -2.26. The monoisotopic (exact) mass is 412 g/mol. The zero-order chi connectivity index (χ0) is 19.3. The van der Waals surface area contributed by atoms with Crippen molar-refractivity contribution in [2.75, 3.05) is 18.4 Å². The van der Waals surface area contributed by atoms with Crippen LogP contribution in [0.2, 0.25) is 5.02 Å². The van der Waals surface area contributed by atoms with Gasteiger partial charge in [-0.25, -0.2) is 0 Å². The number of nitrogens with one attached hydrogen (secondary N) is 1. The van der Waals surface area contributed by atoms with Gasteiger partial charge in [0.25, 0.3) is 5.91 Å². The number of carbonyl (C=O) groups excluding carboxylic acids is 1. The molecule has 0 atom stereocenters. The van der Waals surface area contributed by atoms with Gasteiger partial charge < -0.3 is 10.2 Å². The number of piperidine rings is 1. The highest BCUT2D eigenvalue weighted by molar-refractivity contribution is 7.18. The molecule has 0 aliphatic carbocycles. The van der Waals surface area contributed by atoms with Crippen molar-refractivity contribution in [3.8, 4) is 10.6 Å². The summed E-state index contributed by atoms with van der Waals surface area (Å²) in [6, 6.07) is 15.4. The van der Waals surface area contributed by atoms with Crippen LogP contribution >= 0.6 is 22.9 Å².